The summed E-state index contributed by atoms with van der Waals surface area (Å²) in [5, 5.41) is 6.04. The third kappa shape index (κ3) is 7.46. The SMILES string of the molecule is CN=C(NCCC(=O)N1CCCCC1C)N1CCC(CC(=O)NC)CC1.I. The minimum atomic E-state index is 0. The van der Waals surface area contributed by atoms with Crippen molar-refractivity contribution in [2.45, 2.75) is 57.9 Å². The number of halogens is 1. The van der Waals surface area contributed by atoms with Gasteiger partial charge in [-0.05, 0) is 44.9 Å². The Morgan fingerprint density at radius 2 is 1.81 bits per heavy atom. The fraction of sp³-hybridized carbons (Fsp3) is 0.842. The van der Waals surface area contributed by atoms with Gasteiger partial charge in [0.15, 0.2) is 5.96 Å². The van der Waals surface area contributed by atoms with Crippen LogP contribution in [0.1, 0.15) is 51.9 Å². The van der Waals surface area contributed by atoms with Gasteiger partial charge in [-0.3, -0.25) is 14.6 Å². The molecule has 2 heterocycles. The Balaban J connectivity index is 0.00000364. The number of guanidine groups is 1. The maximum atomic E-state index is 12.4. The fourth-order valence-electron chi connectivity index (χ4n) is 3.94. The second-order valence-electron chi connectivity index (χ2n) is 7.46. The lowest BCUT2D eigenvalue weighted by Gasteiger charge is -2.35. The third-order valence-electron chi connectivity index (χ3n) is 5.62. The summed E-state index contributed by atoms with van der Waals surface area (Å²) < 4.78 is 0. The zero-order valence-electron chi connectivity index (χ0n) is 17.0. The molecular weight excluding hydrogens is 457 g/mol. The van der Waals surface area contributed by atoms with Crippen LogP contribution < -0.4 is 10.6 Å². The Morgan fingerprint density at radius 1 is 1.11 bits per heavy atom. The molecule has 2 amide bonds. The van der Waals surface area contributed by atoms with Crippen LogP contribution in [0.3, 0.4) is 0 Å². The molecule has 0 spiro atoms. The van der Waals surface area contributed by atoms with Crippen molar-refractivity contribution in [3.05, 3.63) is 0 Å². The molecule has 2 N–H and O–H groups in total. The van der Waals surface area contributed by atoms with E-state index in [9.17, 15) is 9.59 Å². The molecule has 0 aromatic carbocycles. The summed E-state index contributed by atoms with van der Waals surface area (Å²) in [6.45, 7) is 5.46. The Hall–Kier alpha value is -1.06. The van der Waals surface area contributed by atoms with E-state index in [1.807, 2.05) is 4.90 Å². The van der Waals surface area contributed by atoms with Gasteiger partial charge in [0.2, 0.25) is 11.8 Å². The van der Waals surface area contributed by atoms with Gasteiger partial charge in [0.1, 0.15) is 0 Å². The van der Waals surface area contributed by atoms with E-state index in [1.54, 1.807) is 14.1 Å². The summed E-state index contributed by atoms with van der Waals surface area (Å²) in [6.07, 6.45) is 6.58. The van der Waals surface area contributed by atoms with Crippen LogP contribution in [0.25, 0.3) is 0 Å². The predicted octanol–water partition coefficient (Wildman–Crippen LogP) is 1.82. The Bertz CT molecular complexity index is 506. The van der Waals surface area contributed by atoms with Crippen LogP contribution in [0.5, 0.6) is 0 Å². The summed E-state index contributed by atoms with van der Waals surface area (Å²) >= 11 is 0. The average Bonchev–Trinajstić information content (AvgIpc) is 2.66. The molecule has 0 aromatic rings. The van der Waals surface area contributed by atoms with E-state index in [2.05, 4.69) is 27.4 Å². The van der Waals surface area contributed by atoms with Crippen molar-refractivity contribution in [1.29, 1.82) is 0 Å². The molecule has 0 aromatic heterocycles. The number of amides is 2. The summed E-state index contributed by atoms with van der Waals surface area (Å²) in [4.78, 5) is 32.6. The lowest BCUT2D eigenvalue weighted by Crippen LogP contribution is -2.47. The van der Waals surface area contributed by atoms with Crippen LogP contribution in [0.2, 0.25) is 0 Å². The lowest BCUT2D eigenvalue weighted by atomic mass is 9.93. The minimum Gasteiger partial charge on any atom is -0.359 e. The zero-order chi connectivity index (χ0) is 18.9. The second-order valence-corrected chi connectivity index (χ2v) is 7.46. The van der Waals surface area contributed by atoms with Crippen molar-refractivity contribution in [1.82, 2.24) is 20.4 Å². The quantitative estimate of drug-likeness (QED) is 0.348. The van der Waals surface area contributed by atoms with Gasteiger partial charge in [-0.15, -0.1) is 24.0 Å². The van der Waals surface area contributed by atoms with Gasteiger partial charge >= 0.3 is 0 Å². The van der Waals surface area contributed by atoms with Crippen LogP contribution in [0.4, 0.5) is 0 Å². The molecule has 2 aliphatic rings. The van der Waals surface area contributed by atoms with Gasteiger partial charge in [0.25, 0.3) is 0 Å². The minimum absolute atomic E-state index is 0. The standard InChI is InChI=1S/C19H35N5O2.HI/c1-15-6-4-5-11-24(15)18(26)7-10-22-19(21-3)23-12-8-16(9-13-23)14-17(25)20-2;/h15-16H,4-14H2,1-3H3,(H,20,25)(H,21,22);1H. The van der Waals surface area contributed by atoms with E-state index in [0.29, 0.717) is 31.3 Å². The van der Waals surface area contributed by atoms with Gasteiger partial charge in [-0.2, -0.15) is 0 Å². The molecule has 0 saturated carbocycles. The predicted molar refractivity (Wildman–Crippen MR) is 119 cm³/mol. The molecule has 1 atom stereocenters. The van der Waals surface area contributed by atoms with E-state index < -0.39 is 0 Å². The van der Waals surface area contributed by atoms with Crippen LogP contribution in [0.15, 0.2) is 4.99 Å². The molecule has 0 aliphatic carbocycles. The number of hydrogen-bond acceptors (Lipinski definition) is 3. The molecule has 0 radical (unpaired) electrons. The van der Waals surface area contributed by atoms with Crippen molar-refractivity contribution >= 4 is 41.8 Å². The first kappa shape index (κ1) is 24.0. The molecule has 2 aliphatic heterocycles. The largest absolute Gasteiger partial charge is 0.359 e. The molecule has 8 heteroatoms. The highest BCUT2D eigenvalue weighted by molar-refractivity contribution is 14.0. The molecule has 0 bridgehead atoms. The van der Waals surface area contributed by atoms with Crippen molar-refractivity contribution in [2.75, 3.05) is 40.3 Å². The molecule has 27 heavy (non-hydrogen) atoms. The molecule has 156 valence electrons. The van der Waals surface area contributed by atoms with Crippen LogP contribution >= 0.6 is 24.0 Å². The van der Waals surface area contributed by atoms with Crippen LogP contribution in [-0.4, -0.2) is 73.9 Å². The first-order valence-electron chi connectivity index (χ1n) is 10.0. The zero-order valence-corrected chi connectivity index (χ0v) is 19.3. The molecular formula is C19H36IN5O2. The van der Waals surface area contributed by atoms with E-state index in [0.717, 1.165) is 51.3 Å². The summed E-state index contributed by atoms with van der Waals surface area (Å²) in [5.41, 5.74) is 0. The van der Waals surface area contributed by atoms with Gasteiger partial charge < -0.3 is 20.4 Å². The van der Waals surface area contributed by atoms with Crippen LogP contribution in [-0.2, 0) is 9.59 Å². The smallest absolute Gasteiger partial charge is 0.224 e. The van der Waals surface area contributed by atoms with Crippen molar-refractivity contribution in [3.63, 3.8) is 0 Å². The highest BCUT2D eigenvalue weighted by Gasteiger charge is 2.24. The maximum Gasteiger partial charge on any atom is 0.224 e. The van der Waals surface area contributed by atoms with E-state index in [-0.39, 0.29) is 35.8 Å². The number of carbonyl (C=O) groups excluding carboxylic acids is 2. The van der Waals surface area contributed by atoms with E-state index in [1.165, 1.54) is 6.42 Å². The first-order chi connectivity index (χ1) is 12.5. The Morgan fingerprint density at radius 3 is 2.41 bits per heavy atom. The van der Waals surface area contributed by atoms with Gasteiger partial charge in [-0.25, -0.2) is 0 Å². The third-order valence-corrected chi connectivity index (χ3v) is 5.62. The summed E-state index contributed by atoms with van der Waals surface area (Å²) in [7, 11) is 3.47. The highest BCUT2D eigenvalue weighted by Crippen LogP contribution is 2.20. The molecule has 2 rings (SSSR count). The fourth-order valence-corrected chi connectivity index (χ4v) is 3.94. The topological polar surface area (TPSA) is 77.0 Å². The van der Waals surface area contributed by atoms with Crippen molar-refractivity contribution in [2.24, 2.45) is 10.9 Å². The number of aliphatic imine (C=N–C) groups is 1. The number of likely N-dealkylation sites (tertiary alicyclic amines) is 2. The van der Waals surface area contributed by atoms with Gasteiger partial charge in [-0.1, -0.05) is 0 Å². The maximum absolute atomic E-state index is 12.4. The number of rotatable bonds is 5. The molecule has 7 nitrogen and oxygen atoms in total. The first-order valence-corrected chi connectivity index (χ1v) is 10.0. The summed E-state index contributed by atoms with van der Waals surface area (Å²) in [5.74, 6) is 1.68. The average molecular weight is 493 g/mol. The normalized spacial score (nSPS) is 21.4. The van der Waals surface area contributed by atoms with Crippen molar-refractivity contribution < 1.29 is 9.59 Å². The number of piperidine rings is 2. The monoisotopic (exact) mass is 493 g/mol. The van der Waals surface area contributed by atoms with Crippen molar-refractivity contribution in [3.8, 4) is 0 Å². The second kappa shape index (κ2) is 12.4. The number of nitrogens with zero attached hydrogens (tertiary/aromatic N) is 3. The highest BCUT2D eigenvalue weighted by atomic mass is 127. The van der Waals surface area contributed by atoms with Crippen LogP contribution in [0, 0.1) is 5.92 Å². The van der Waals surface area contributed by atoms with Gasteiger partial charge in [0.05, 0.1) is 0 Å². The molecule has 2 fully saturated rings. The summed E-state index contributed by atoms with van der Waals surface area (Å²) in [6, 6.07) is 0.370. The Kier molecular flexibility index (Phi) is 11.0. The number of nitrogens with one attached hydrogen (secondary N) is 2. The molecule has 2 saturated heterocycles. The van der Waals surface area contributed by atoms with E-state index in [4.69, 9.17) is 0 Å². The Labute approximate surface area is 180 Å². The molecule has 1 unspecified atom stereocenters. The number of hydrogen-bond donors (Lipinski definition) is 2. The van der Waals surface area contributed by atoms with Gasteiger partial charge in [0, 0.05) is 59.2 Å². The lowest BCUT2D eigenvalue weighted by molar-refractivity contribution is -0.134. The number of carbonyl (C=O) groups is 2. The van der Waals surface area contributed by atoms with E-state index >= 15 is 0 Å².